The molecule has 0 spiro atoms. The highest BCUT2D eigenvalue weighted by Crippen LogP contribution is 2.37. The first-order valence-electron chi connectivity index (χ1n) is 13.6. The number of rotatable bonds is 6. The van der Waals surface area contributed by atoms with Gasteiger partial charge in [0.1, 0.15) is 5.82 Å². The van der Waals surface area contributed by atoms with Gasteiger partial charge in [-0.3, -0.25) is 9.59 Å². The van der Waals surface area contributed by atoms with Crippen LogP contribution in [0.5, 0.6) is 0 Å². The van der Waals surface area contributed by atoms with Crippen LogP contribution >= 0.6 is 0 Å². The molecule has 2 aromatic heterocycles. The van der Waals surface area contributed by atoms with Crippen molar-refractivity contribution in [2.75, 3.05) is 41.8 Å². The lowest BCUT2D eigenvalue weighted by Gasteiger charge is -2.31. The largest absolute Gasteiger partial charge is 0.418 e. The molecule has 1 fully saturated rings. The van der Waals surface area contributed by atoms with Crippen molar-refractivity contribution in [3.8, 4) is 5.69 Å². The zero-order valence-corrected chi connectivity index (χ0v) is 22.8. The van der Waals surface area contributed by atoms with Crippen molar-refractivity contribution in [2.24, 2.45) is 0 Å². The van der Waals surface area contributed by atoms with Crippen LogP contribution in [-0.4, -0.2) is 47.7 Å². The second-order valence-corrected chi connectivity index (χ2v) is 9.93. The third kappa shape index (κ3) is 5.93. The number of aromatic nitrogens is 2. The van der Waals surface area contributed by atoms with E-state index in [0.717, 1.165) is 22.7 Å². The van der Waals surface area contributed by atoms with Crippen molar-refractivity contribution in [3.05, 3.63) is 114 Å². The lowest BCUT2D eigenvalue weighted by atomic mass is 10.1. The minimum Gasteiger partial charge on any atom is -0.378 e. The highest BCUT2D eigenvalue weighted by atomic mass is 19.4. The Morgan fingerprint density at radius 3 is 2.26 bits per heavy atom. The van der Waals surface area contributed by atoms with Gasteiger partial charge < -0.3 is 24.8 Å². The number of pyridine rings is 1. The van der Waals surface area contributed by atoms with E-state index in [-0.39, 0.29) is 17.2 Å². The van der Waals surface area contributed by atoms with Crippen LogP contribution in [0.1, 0.15) is 26.3 Å². The van der Waals surface area contributed by atoms with Crippen LogP contribution in [0.2, 0.25) is 0 Å². The van der Waals surface area contributed by atoms with E-state index < -0.39 is 17.6 Å². The number of alkyl halides is 3. The van der Waals surface area contributed by atoms with Crippen LogP contribution in [0.4, 0.5) is 30.4 Å². The summed E-state index contributed by atoms with van der Waals surface area (Å²) in [6.45, 7) is 1.25. The molecule has 6 rings (SSSR count). The molecule has 3 heterocycles. The maximum absolute atomic E-state index is 13.7. The molecule has 1 aliphatic heterocycles. The molecule has 218 valence electrons. The molecular weight excluding hydrogens is 559 g/mol. The maximum Gasteiger partial charge on any atom is 0.418 e. The van der Waals surface area contributed by atoms with E-state index in [4.69, 9.17) is 4.74 Å². The monoisotopic (exact) mass is 585 g/mol. The molecule has 0 saturated carbocycles. The number of morpholine rings is 1. The number of carbonyl (C=O) groups excluding carboxylic acids is 2. The topological polar surface area (TPSA) is 88.5 Å². The Balaban J connectivity index is 1.20. The zero-order valence-electron chi connectivity index (χ0n) is 22.8. The van der Waals surface area contributed by atoms with Crippen LogP contribution in [0, 0.1) is 0 Å². The number of carbonyl (C=O) groups is 2. The van der Waals surface area contributed by atoms with Gasteiger partial charge >= 0.3 is 6.18 Å². The molecule has 0 atom stereocenters. The first kappa shape index (κ1) is 28.0. The molecular formula is C32H26F3N5O3. The number of ether oxygens (including phenoxy) is 1. The first-order valence-corrected chi connectivity index (χ1v) is 13.6. The summed E-state index contributed by atoms with van der Waals surface area (Å²) in [4.78, 5) is 31.7. The molecule has 0 bridgehead atoms. The quantitative estimate of drug-likeness (QED) is 0.241. The smallest absolute Gasteiger partial charge is 0.378 e. The molecule has 0 radical (unpaired) electrons. The van der Waals surface area contributed by atoms with Crippen molar-refractivity contribution in [2.45, 2.75) is 6.18 Å². The molecule has 3 aromatic carbocycles. The number of anilines is 3. The highest BCUT2D eigenvalue weighted by Gasteiger charge is 2.35. The van der Waals surface area contributed by atoms with E-state index in [2.05, 4.69) is 15.6 Å². The number of hydrogen-bond donors (Lipinski definition) is 2. The van der Waals surface area contributed by atoms with Gasteiger partial charge in [-0.2, -0.15) is 13.2 Å². The Kier molecular flexibility index (Phi) is 7.56. The summed E-state index contributed by atoms with van der Waals surface area (Å²) in [5, 5.41) is 6.39. The van der Waals surface area contributed by atoms with Gasteiger partial charge in [-0.25, -0.2) is 4.98 Å². The predicted molar refractivity (Wildman–Crippen MR) is 158 cm³/mol. The lowest BCUT2D eigenvalue weighted by Crippen LogP contribution is -2.37. The summed E-state index contributed by atoms with van der Waals surface area (Å²) in [6.07, 6.45) is -1.08. The zero-order chi connectivity index (χ0) is 30.0. The Morgan fingerprint density at radius 1 is 0.814 bits per heavy atom. The Morgan fingerprint density at radius 2 is 1.53 bits per heavy atom. The third-order valence-electron chi connectivity index (χ3n) is 7.21. The molecule has 2 amide bonds. The van der Waals surface area contributed by atoms with E-state index in [1.54, 1.807) is 47.5 Å². The van der Waals surface area contributed by atoms with Gasteiger partial charge in [0.2, 0.25) is 0 Å². The second kappa shape index (κ2) is 11.6. The Hall–Kier alpha value is -5.16. The highest BCUT2D eigenvalue weighted by molar-refractivity contribution is 6.08. The van der Waals surface area contributed by atoms with E-state index in [1.807, 2.05) is 41.1 Å². The van der Waals surface area contributed by atoms with Gasteiger partial charge in [0.05, 0.1) is 24.3 Å². The Bertz CT molecular complexity index is 1780. The van der Waals surface area contributed by atoms with Crippen LogP contribution in [0.15, 0.2) is 97.3 Å². The van der Waals surface area contributed by atoms with Crippen molar-refractivity contribution in [1.29, 1.82) is 0 Å². The number of halogens is 3. The SMILES string of the molecule is O=C(Nc1ccc(-n2ccc3c(NC(=O)c4ccccc4)nccc32)cc1)c1ccc(C(F)(F)F)c(N2CCOCC2)c1. The summed E-state index contributed by atoms with van der Waals surface area (Å²) in [5.74, 6) is -0.354. The van der Waals surface area contributed by atoms with Gasteiger partial charge in [-0.15, -0.1) is 0 Å². The minimum absolute atomic E-state index is 0.0351. The number of fused-ring (bicyclic) bond motifs is 1. The number of hydrogen-bond acceptors (Lipinski definition) is 5. The molecule has 43 heavy (non-hydrogen) atoms. The van der Waals surface area contributed by atoms with Crippen molar-refractivity contribution < 1.29 is 27.5 Å². The van der Waals surface area contributed by atoms with Gasteiger partial charge in [-0.05, 0) is 66.7 Å². The van der Waals surface area contributed by atoms with Crippen LogP contribution < -0.4 is 15.5 Å². The molecule has 11 heteroatoms. The number of amides is 2. The molecule has 2 N–H and O–H groups in total. The summed E-state index contributed by atoms with van der Waals surface area (Å²) in [7, 11) is 0. The van der Waals surface area contributed by atoms with Gasteiger partial charge in [0, 0.05) is 59.1 Å². The number of benzene rings is 3. The van der Waals surface area contributed by atoms with E-state index in [9.17, 15) is 22.8 Å². The van der Waals surface area contributed by atoms with Crippen LogP contribution in [0.25, 0.3) is 16.6 Å². The summed E-state index contributed by atoms with van der Waals surface area (Å²) in [5.41, 5.74) is 1.91. The molecule has 8 nitrogen and oxygen atoms in total. The fourth-order valence-corrected chi connectivity index (χ4v) is 5.05. The van der Waals surface area contributed by atoms with Crippen molar-refractivity contribution in [1.82, 2.24) is 9.55 Å². The predicted octanol–water partition coefficient (Wildman–Crippen LogP) is 6.39. The first-order chi connectivity index (χ1) is 20.8. The summed E-state index contributed by atoms with van der Waals surface area (Å²) >= 11 is 0. The number of nitrogens with one attached hydrogen (secondary N) is 2. The van der Waals surface area contributed by atoms with E-state index in [0.29, 0.717) is 43.4 Å². The average Bonchev–Trinajstić information content (AvgIpc) is 3.47. The van der Waals surface area contributed by atoms with Crippen LogP contribution in [-0.2, 0) is 10.9 Å². The maximum atomic E-state index is 13.7. The molecule has 1 saturated heterocycles. The van der Waals surface area contributed by atoms with E-state index >= 15 is 0 Å². The molecule has 0 aliphatic carbocycles. The lowest BCUT2D eigenvalue weighted by molar-refractivity contribution is -0.137. The summed E-state index contributed by atoms with van der Waals surface area (Å²) in [6, 6.07) is 23.0. The fraction of sp³-hybridized carbons (Fsp3) is 0.156. The second-order valence-electron chi connectivity index (χ2n) is 9.93. The third-order valence-corrected chi connectivity index (χ3v) is 7.21. The molecule has 5 aromatic rings. The normalized spacial score (nSPS) is 13.6. The summed E-state index contributed by atoms with van der Waals surface area (Å²) < 4.78 is 48.3. The minimum atomic E-state index is -4.55. The standard InChI is InChI=1S/C32H26F3N5O3/c33-32(34,35)26-11-6-22(20-28(26)39-16-18-43-19-17-39)31(42)37-23-7-9-24(10-8-23)40-15-13-25-27(40)12-14-36-29(25)38-30(41)21-4-2-1-3-5-21/h1-15,20H,16-19H2,(H,37,42)(H,36,38,41). The van der Waals surface area contributed by atoms with Crippen LogP contribution in [0.3, 0.4) is 0 Å². The molecule has 0 unspecified atom stereocenters. The Labute approximate surface area is 244 Å². The van der Waals surface area contributed by atoms with Gasteiger partial charge in [0.25, 0.3) is 11.8 Å². The van der Waals surface area contributed by atoms with Crippen molar-refractivity contribution >= 4 is 39.9 Å². The average molecular weight is 586 g/mol. The number of nitrogens with zero attached hydrogens (tertiary/aromatic N) is 3. The van der Waals surface area contributed by atoms with Gasteiger partial charge in [-0.1, -0.05) is 18.2 Å². The molecule has 1 aliphatic rings. The van der Waals surface area contributed by atoms with E-state index in [1.165, 1.54) is 12.1 Å². The fourth-order valence-electron chi connectivity index (χ4n) is 5.05. The van der Waals surface area contributed by atoms with Crippen molar-refractivity contribution in [3.63, 3.8) is 0 Å². The van der Waals surface area contributed by atoms with Gasteiger partial charge in [0.15, 0.2) is 0 Å².